The monoisotopic (exact) mass is 348 g/mol. The standard InChI is InChI=1S/C18H28N4O3/c1-14-12-16(20-25-14)19-17(23)13-21-10-6-15(7-11-21)18(24)22-8-4-2-3-5-9-22/h12,15H,2-11,13H2,1H3,(H,19,20,23). The van der Waals surface area contributed by atoms with E-state index in [0.29, 0.717) is 24.0 Å². The summed E-state index contributed by atoms with van der Waals surface area (Å²) >= 11 is 0. The minimum absolute atomic E-state index is 0.0920. The Morgan fingerprint density at radius 2 is 1.84 bits per heavy atom. The molecule has 0 spiro atoms. The zero-order valence-corrected chi connectivity index (χ0v) is 15.0. The average Bonchev–Trinajstić information content (AvgIpc) is 2.85. The quantitative estimate of drug-likeness (QED) is 0.901. The highest BCUT2D eigenvalue weighted by Crippen LogP contribution is 2.21. The molecule has 1 aromatic rings. The molecule has 0 bridgehead atoms. The molecule has 2 saturated heterocycles. The molecule has 3 heterocycles. The third-order valence-electron chi connectivity index (χ3n) is 5.12. The van der Waals surface area contributed by atoms with Crippen LogP contribution in [-0.2, 0) is 9.59 Å². The number of rotatable bonds is 4. The van der Waals surface area contributed by atoms with Gasteiger partial charge in [0.2, 0.25) is 11.8 Å². The summed E-state index contributed by atoms with van der Waals surface area (Å²) in [6.45, 7) is 5.52. The van der Waals surface area contributed by atoms with E-state index < -0.39 is 0 Å². The molecule has 2 amide bonds. The molecular weight excluding hydrogens is 320 g/mol. The van der Waals surface area contributed by atoms with E-state index in [4.69, 9.17) is 4.52 Å². The SMILES string of the molecule is Cc1cc(NC(=O)CN2CCC(C(=O)N3CCCCCC3)CC2)no1. The van der Waals surface area contributed by atoms with Crippen molar-refractivity contribution in [1.82, 2.24) is 15.0 Å². The number of nitrogens with one attached hydrogen (secondary N) is 1. The van der Waals surface area contributed by atoms with Crippen molar-refractivity contribution in [2.24, 2.45) is 5.92 Å². The maximum atomic E-state index is 12.7. The van der Waals surface area contributed by atoms with Crippen molar-refractivity contribution in [3.63, 3.8) is 0 Å². The van der Waals surface area contributed by atoms with E-state index in [2.05, 4.69) is 20.3 Å². The number of aryl methyl sites for hydroxylation is 1. The van der Waals surface area contributed by atoms with Gasteiger partial charge in [0.25, 0.3) is 0 Å². The Bertz CT molecular complexity index is 585. The zero-order valence-electron chi connectivity index (χ0n) is 15.0. The fourth-order valence-electron chi connectivity index (χ4n) is 3.70. The van der Waals surface area contributed by atoms with E-state index in [1.807, 2.05) is 0 Å². The van der Waals surface area contributed by atoms with Crippen LogP contribution in [0, 0.1) is 12.8 Å². The van der Waals surface area contributed by atoms with E-state index in [-0.39, 0.29) is 11.8 Å². The van der Waals surface area contributed by atoms with Gasteiger partial charge in [0.1, 0.15) is 5.76 Å². The van der Waals surface area contributed by atoms with Gasteiger partial charge in [-0.25, -0.2) is 0 Å². The molecule has 1 aromatic heterocycles. The Morgan fingerprint density at radius 1 is 1.16 bits per heavy atom. The van der Waals surface area contributed by atoms with Crippen LogP contribution in [-0.4, -0.2) is 59.5 Å². The molecule has 2 aliphatic heterocycles. The maximum absolute atomic E-state index is 12.7. The van der Waals surface area contributed by atoms with Gasteiger partial charge in [-0.2, -0.15) is 0 Å². The van der Waals surface area contributed by atoms with Gasteiger partial charge in [0.05, 0.1) is 6.54 Å². The second-order valence-corrected chi connectivity index (χ2v) is 7.16. The van der Waals surface area contributed by atoms with Gasteiger partial charge in [0.15, 0.2) is 5.82 Å². The molecular formula is C18H28N4O3. The number of piperidine rings is 1. The number of carbonyl (C=O) groups is 2. The van der Waals surface area contributed by atoms with Gasteiger partial charge in [-0.3, -0.25) is 14.5 Å². The largest absolute Gasteiger partial charge is 0.360 e. The first-order valence-corrected chi connectivity index (χ1v) is 9.36. The highest BCUT2D eigenvalue weighted by Gasteiger charge is 2.29. The summed E-state index contributed by atoms with van der Waals surface area (Å²) in [5.74, 6) is 1.47. The highest BCUT2D eigenvalue weighted by atomic mass is 16.5. The van der Waals surface area contributed by atoms with E-state index in [0.717, 1.165) is 51.9 Å². The van der Waals surface area contributed by atoms with Crippen molar-refractivity contribution in [1.29, 1.82) is 0 Å². The highest BCUT2D eigenvalue weighted by molar-refractivity contribution is 5.91. The Hall–Kier alpha value is -1.89. The van der Waals surface area contributed by atoms with Crippen LogP contribution in [0.2, 0.25) is 0 Å². The van der Waals surface area contributed by atoms with Crippen molar-refractivity contribution >= 4 is 17.6 Å². The summed E-state index contributed by atoms with van der Waals surface area (Å²) in [4.78, 5) is 28.9. The molecule has 1 N–H and O–H groups in total. The average molecular weight is 348 g/mol. The molecule has 0 atom stereocenters. The first-order valence-electron chi connectivity index (χ1n) is 9.36. The first kappa shape index (κ1) is 17.9. The summed E-state index contributed by atoms with van der Waals surface area (Å²) in [5.41, 5.74) is 0. The molecule has 0 aliphatic carbocycles. The third kappa shape index (κ3) is 5.04. The summed E-state index contributed by atoms with van der Waals surface area (Å²) in [6.07, 6.45) is 6.42. The number of carbonyl (C=O) groups excluding carboxylic acids is 2. The lowest BCUT2D eigenvalue weighted by Crippen LogP contribution is -2.44. The van der Waals surface area contributed by atoms with Gasteiger partial charge in [0, 0.05) is 25.1 Å². The first-order chi connectivity index (χ1) is 12.1. The molecule has 7 heteroatoms. The fraction of sp³-hybridized carbons (Fsp3) is 0.722. The molecule has 25 heavy (non-hydrogen) atoms. The smallest absolute Gasteiger partial charge is 0.239 e. The lowest BCUT2D eigenvalue weighted by atomic mass is 9.95. The molecule has 2 fully saturated rings. The number of anilines is 1. The molecule has 0 radical (unpaired) electrons. The van der Waals surface area contributed by atoms with Crippen LogP contribution in [0.15, 0.2) is 10.6 Å². The number of likely N-dealkylation sites (tertiary alicyclic amines) is 2. The van der Waals surface area contributed by atoms with Gasteiger partial charge >= 0.3 is 0 Å². The molecule has 2 aliphatic rings. The van der Waals surface area contributed by atoms with Crippen LogP contribution in [0.25, 0.3) is 0 Å². The molecule has 3 rings (SSSR count). The van der Waals surface area contributed by atoms with Crippen molar-refractivity contribution in [3.8, 4) is 0 Å². The minimum atomic E-state index is -0.0920. The van der Waals surface area contributed by atoms with Crippen molar-refractivity contribution in [3.05, 3.63) is 11.8 Å². The summed E-state index contributed by atoms with van der Waals surface area (Å²) in [6, 6.07) is 1.70. The summed E-state index contributed by atoms with van der Waals surface area (Å²) < 4.78 is 4.94. The summed E-state index contributed by atoms with van der Waals surface area (Å²) in [5, 5.41) is 6.51. The van der Waals surface area contributed by atoms with Crippen LogP contribution >= 0.6 is 0 Å². The van der Waals surface area contributed by atoms with Crippen molar-refractivity contribution in [2.45, 2.75) is 45.4 Å². The second-order valence-electron chi connectivity index (χ2n) is 7.16. The van der Waals surface area contributed by atoms with Crippen LogP contribution in [0.1, 0.15) is 44.3 Å². The Morgan fingerprint density at radius 3 is 2.44 bits per heavy atom. The number of nitrogens with zero attached hydrogens (tertiary/aromatic N) is 3. The number of aromatic nitrogens is 1. The lowest BCUT2D eigenvalue weighted by molar-refractivity contribution is -0.137. The minimum Gasteiger partial charge on any atom is -0.360 e. The van der Waals surface area contributed by atoms with Gasteiger partial charge in [-0.1, -0.05) is 18.0 Å². The maximum Gasteiger partial charge on any atom is 0.239 e. The molecule has 138 valence electrons. The number of hydrogen-bond donors (Lipinski definition) is 1. The molecule has 0 aromatic carbocycles. The van der Waals surface area contributed by atoms with Gasteiger partial charge in [-0.15, -0.1) is 0 Å². The lowest BCUT2D eigenvalue weighted by Gasteiger charge is -2.33. The third-order valence-corrected chi connectivity index (χ3v) is 5.12. The van der Waals surface area contributed by atoms with Crippen LogP contribution < -0.4 is 5.32 Å². The summed E-state index contributed by atoms with van der Waals surface area (Å²) in [7, 11) is 0. The van der Waals surface area contributed by atoms with E-state index in [9.17, 15) is 9.59 Å². The van der Waals surface area contributed by atoms with Gasteiger partial charge < -0.3 is 14.7 Å². The number of hydrogen-bond acceptors (Lipinski definition) is 5. The predicted octanol–water partition coefficient (Wildman–Crippen LogP) is 2.04. The molecule has 0 saturated carbocycles. The predicted molar refractivity (Wildman–Crippen MR) is 94.1 cm³/mol. The Labute approximate surface area is 148 Å². The second kappa shape index (κ2) is 8.47. The Kier molecular flexibility index (Phi) is 6.07. The van der Waals surface area contributed by atoms with Crippen LogP contribution in [0.4, 0.5) is 5.82 Å². The van der Waals surface area contributed by atoms with E-state index in [1.54, 1.807) is 13.0 Å². The van der Waals surface area contributed by atoms with Crippen LogP contribution in [0.5, 0.6) is 0 Å². The van der Waals surface area contributed by atoms with Crippen LogP contribution in [0.3, 0.4) is 0 Å². The topological polar surface area (TPSA) is 78.7 Å². The zero-order chi connectivity index (χ0) is 17.6. The Balaban J connectivity index is 1.42. The number of amides is 2. The normalized spacial score (nSPS) is 20.3. The molecule has 0 unspecified atom stereocenters. The van der Waals surface area contributed by atoms with E-state index >= 15 is 0 Å². The van der Waals surface area contributed by atoms with Crippen molar-refractivity contribution < 1.29 is 14.1 Å². The van der Waals surface area contributed by atoms with Gasteiger partial charge in [-0.05, 0) is 45.7 Å². The van der Waals surface area contributed by atoms with E-state index in [1.165, 1.54) is 12.8 Å². The molecule has 7 nitrogen and oxygen atoms in total. The fourth-order valence-corrected chi connectivity index (χ4v) is 3.70. The van der Waals surface area contributed by atoms with Crippen molar-refractivity contribution in [2.75, 3.05) is 38.0 Å².